The summed E-state index contributed by atoms with van der Waals surface area (Å²) in [4.78, 5) is 27.0. The summed E-state index contributed by atoms with van der Waals surface area (Å²) >= 11 is 8.05. The molecule has 0 fully saturated rings. The number of nitrogens with one attached hydrogen (secondary N) is 1. The van der Waals surface area contributed by atoms with Crippen LogP contribution in [-0.2, 0) is 14.3 Å². The largest absolute Gasteiger partial charge is 0.496 e. The number of thioether (sulfide) groups is 1. The zero-order valence-corrected chi connectivity index (χ0v) is 21.8. The van der Waals surface area contributed by atoms with Crippen molar-refractivity contribution in [2.45, 2.75) is 38.5 Å². The van der Waals surface area contributed by atoms with Crippen LogP contribution in [0.5, 0.6) is 5.75 Å². The van der Waals surface area contributed by atoms with E-state index in [9.17, 15) is 9.59 Å². The number of hydrogen-bond acceptors (Lipinski definition) is 6. The number of carbonyl (C=O) groups is 2. The van der Waals surface area contributed by atoms with Gasteiger partial charge in [0, 0.05) is 46.0 Å². The highest BCUT2D eigenvalue weighted by molar-refractivity contribution is 7.99. The molecule has 0 saturated carbocycles. The highest BCUT2D eigenvalue weighted by Crippen LogP contribution is 2.47. The highest BCUT2D eigenvalue weighted by Gasteiger charge is 2.41. The van der Waals surface area contributed by atoms with Gasteiger partial charge in [-0.05, 0) is 48.4 Å². The van der Waals surface area contributed by atoms with E-state index in [4.69, 9.17) is 21.1 Å². The first kappa shape index (κ1) is 25.4. The topological polar surface area (TPSA) is 64.6 Å². The quantitative estimate of drug-likeness (QED) is 0.346. The second kappa shape index (κ2) is 11.4. The number of allylic oxidation sites excluding steroid dienone is 3. The third-order valence-electron chi connectivity index (χ3n) is 6.47. The van der Waals surface area contributed by atoms with Crippen LogP contribution in [0, 0.1) is 0 Å². The Hall–Kier alpha value is -2.70. The van der Waals surface area contributed by atoms with Crippen LogP contribution in [-0.4, -0.2) is 37.0 Å². The van der Waals surface area contributed by atoms with Crippen molar-refractivity contribution < 1.29 is 19.1 Å². The number of benzene rings is 2. The molecule has 0 saturated heterocycles. The van der Waals surface area contributed by atoms with Crippen LogP contribution in [0.3, 0.4) is 0 Å². The molecule has 0 aromatic heterocycles. The lowest BCUT2D eigenvalue weighted by molar-refractivity contribution is -0.138. The van der Waals surface area contributed by atoms with E-state index < -0.39 is 11.9 Å². The Morgan fingerprint density at radius 3 is 2.71 bits per heavy atom. The number of ether oxygens (including phenoxy) is 2. The Labute approximate surface area is 215 Å². The minimum Gasteiger partial charge on any atom is -0.496 e. The number of hydrogen-bond donors (Lipinski definition) is 1. The average Bonchev–Trinajstić information content (AvgIpc) is 2.85. The maximum atomic E-state index is 13.7. The monoisotopic (exact) mass is 511 g/mol. The van der Waals surface area contributed by atoms with Gasteiger partial charge >= 0.3 is 5.97 Å². The maximum absolute atomic E-state index is 13.7. The summed E-state index contributed by atoms with van der Waals surface area (Å²) in [6.45, 7) is 4.27. The Bertz CT molecular complexity index is 1190. The second-order valence-electron chi connectivity index (χ2n) is 8.65. The molecule has 1 aliphatic carbocycles. The van der Waals surface area contributed by atoms with E-state index in [0.29, 0.717) is 41.3 Å². The first-order valence-corrected chi connectivity index (χ1v) is 13.3. The van der Waals surface area contributed by atoms with Crippen molar-refractivity contribution in [3.63, 3.8) is 0 Å². The van der Waals surface area contributed by atoms with Crippen LogP contribution in [0.15, 0.2) is 71.1 Å². The molecule has 5 nitrogen and oxygen atoms in total. The molecule has 2 aliphatic rings. The van der Waals surface area contributed by atoms with E-state index in [-0.39, 0.29) is 11.7 Å². The molecule has 35 heavy (non-hydrogen) atoms. The van der Waals surface area contributed by atoms with Crippen molar-refractivity contribution in [3.8, 4) is 5.75 Å². The lowest BCUT2D eigenvalue weighted by Gasteiger charge is -2.37. The van der Waals surface area contributed by atoms with E-state index in [0.717, 1.165) is 34.1 Å². The summed E-state index contributed by atoms with van der Waals surface area (Å²) in [5.74, 6) is 1.54. The summed E-state index contributed by atoms with van der Waals surface area (Å²) in [6.07, 6.45) is 0.984. The van der Waals surface area contributed by atoms with E-state index in [1.807, 2.05) is 49.4 Å². The summed E-state index contributed by atoms with van der Waals surface area (Å²) in [5, 5.41) is 3.95. The van der Waals surface area contributed by atoms with Gasteiger partial charge in [-0.2, -0.15) is 11.8 Å². The number of Topliss-reactive ketones (excluding diaryl/α,β-unsaturated/α-hetero) is 1. The molecule has 7 heteroatoms. The number of carbonyl (C=O) groups excluding carboxylic acids is 2. The van der Waals surface area contributed by atoms with Gasteiger partial charge in [0.05, 0.1) is 12.7 Å². The molecule has 184 valence electrons. The molecule has 1 N–H and O–H groups in total. The Kier molecular flexibility index (Phi) is 8.24. The molecule has 2 unspecified atom stereocenters. The van der Waals surface area contributed by atoms with Crippen molar-refractivity contribution in [1.82, 2.24) is 5.32 Å². The zero-order valence-electron chi connectivity index (χ0n) is 20.2. The molecule has 0 bridgehead atoms. The van der Waals surface area contributed by atoms with Crippen molar-refractivity contribution >= 4 is 35.1 Å². The number of ketones is 1. The minimum atomic E-state index is -0.526. The van der Waals surface area contributed by atoms with Crippen LogP contribution < -0.4 is 10.1 Å². The first-order valence-electron chi connectivity index (χ1n) is 11.8. The molecular formula is C28H30ClNO4S. The van der Waals surface area contributed by atoms with Gasteiger partial charge in [0.25, 0.3) is 0 Å². The molecule has 2 aromatic carbocycles. The summed E-state index contributed by atoms with van der Waals surface area (Å²) < 4.78 is 11.2. The summed E-state index contributed by atoms with van der Waals surface area (Å²) in [5.41, 5.74) is 4.46. The van der Waals surface area contributed by atoms with Crippen LogP contribution in [0.2, 0.25) is 5.02 Å². The van der Waals surface area contributed by atoms with Crippen LogP contribution in [0.4, 0.5) is 0 Å². The number of para-hydroxylation sites is 1. The smallest absolute Gasteiger partial charge is 0.336 e. The fraction of sp³-hybridized carbons (Fsp3) is 0.357. The van der Waals surface area contributed by atoms with E-state index in [1.165, 1.54) is 0 Å². The molecule has 2 atom stereocenters. The van der Waals surface area contributed by atoms with Crippen molar-refractivity contribution in [3.05, 3.63) is 87.2 Å². The fourth-order valence-corrected chi connectivity index (χ4v) is 5.66. The number of esters is 1. The predicted molar refractivity (Wildman–Crippen MR) is 141 cm³/mol. The number of dihydropyridines is 1. The highest BCUT2D eigenvalue weighted by atomic mass is 35.5. The Morgan fingerprint density at radius 2 is 1.97 bits per heavy atom. The van der Waals surface area contributed by atoms with Crippen LogP contribution >= 0.6 is 23.4 Å². The zero-order chi connectivity index (χ0) is 24.9. The predicted octanol–water partition coefficient (Wildman–Crippen LogP) is 6.01. The molecule has 0 spiro atoms. The average molecular weight is 512 g/mol. The Balaban J connectivity index is 1.73. The van der Waals surface area contributed by atoms with E-state index >= 15 is 0 Å². The molecule has 4 rings (SSSR count). The molecule has 0 amide bonds. The van der Waals surface area contributed by atoms with Gasteiger partial charge in [-0.25, -0.2) is 4.79 Å². The number of halogens is 1. The fourth-order valence-electron chi connectivity index (χ4n) is 4.97. The lowest BCUT2D eigenvalue weighted by atomic mass is 9.71. The molecule has 1 heterocycles. The molecule has 1 aliphatic heterocycles. The normalized spacial score (nSPS) is 19.8. The summed E-state index contributed by atoms with van der Waals surface area (Å²) in [6, 6.07) is 15.2. The molecular weight excluding hydrogens is 482 g/mol. The van der Waals surface area contributed by atoms with Gasteiger partial charge in [0.1, 0.15) is 12.4 Å². The van der Waals surface area contributed by atoms with E-state index in [1.54, 1.807) is 24.9 Å². The SMILES string of the molecule is CCSCCOC(=O)C1=C(C)NC2=C(C(=O)CC(c3ccccc3OC)C2)C1c1cccc(Cl)c1. The van der Waals surface area contributed by atoms with Crippen molar-refractivity contribution in [2.75, 3.05) is 25.2 Å². The van der Waals surface area contributed by atoms with Gasteiger partial charge in [-0.1, -0.05) is 48.9 Å². The Morgan fingerprint density at radius 1 is 1.17 bits per heavy atom. The van der Waals surface area contributed by atoms with Gasteiger partial charge < -0.3 is 14.8 Å². The van der Waals surface area contributed by atoms with Gasteiger partial charge in [0.15, 0.2) is 5.78 Å². The standard InChI is InChI=1S/C28H30ClNO4S/c1-4-35-13-12-34-28(32)25-17(2)30-22-15-19(21-10-5-6-11-24(21)33-3)16-23(31)27(22)26(25)18-8-7-9-20(29)14-18/h5-11,14,19,26,30H,4,12-13,15-16H2,1-3H3. The van der Waals surface area contributed by atoms with Gasteiger partial charge in [-0.15, -0.1) is 0 Å². The van der Waals surface area contributed by atoms with E-state index in [2.05, 4.69) is 12.2 Å². The third-order valence-corrected chi connectivity index (χ3v) is 7.57. The number of methoxy groups -OCH3 is 1. The molecule has 2 aromatic rings. The van der Waals surface area contributed by atoms with Crippen molar-refractivity contribution in [2.24, 2.45) is 0 Å². The maximum Gasteiger partial charge on any atom is 0.336 e. The van der Waals surface area contributed by atoms with Crippen molar-refractivity contribution in [1.29, 1.82) is 0 Å². The minimum absolute atomic E-state index is 0.0129. The van der Waals surface area contributed by atoms with Gasteiger partial charge in [-0.3, -0.25) is 4.79 Å². The lowest BCUT2D eigenvalue weighted by Crippen LogP contribution is -2.36. The third kappa shape index (κ3) is 5.44. The van der Waals surface area contributed by atoms with Crippen LogP contribution in [0.1, 0.15) is 49.7 Å². The van der Waals surface area contributed by atoms with Crippen LogP contribution in [0.25, 0.3) is 0 Å². The second-order valence-corrected chi connectivity index (χ2v) is 10.5. The molecule has 0 radical (unpaired) electrons. The summed E-state index contributed by atoms with van der Waals surface area (Å²) in [7, 11) is 1.64. The van der Waals surface area contributed by atoms with Gasteiger partial charge in [0.2, 0.25) is 0 Å². The number of rotatable bonds is 8. The first-order chi connectivity index (χ1) is 16.9.